The molecule has 2 N–H and O–H groups in total. The summed E-state index contributed by atoms with van der Waals surface area (Å²) in [4.78, 5) is 15.7. The fraction of sp³-hybridized carbons (Fsp3) is 0.909. The average molecular weight is 229 g/mol. The van der Waals surface area contributed by atoms with Gasteiger partial charge in [-0.3, -0.25) is 9.69 Å². The first kappa shape index (κ1) is 13.4. The summed E-state index contributed by atoms with van der Waals surface area (Å²) in [7, 11) is 1.94. The zero-order valence-electron chi connectivity index (χ0n) is 10.2. The van der Waals surface area contributed by atoms with Gasteiger partial charge in [-0.05, 0) is 19.9 Å². The molecule has 0 aromatic heterocycles. The van der Waals surface area contributed by atoms with Crippen LogP contribution in [0.5, 0.6) is 0 Å². The van der Waals surface area contributed by atoms with Crippen LogP contribution in [0.1, 0.15) is 12.8 Å². The molecule has 94 valence electrons. The molecule has 1 aliphatic heterocycles. The van der Waals surface area contributed by atoms with Crippen LogP contribution < -0.4 is 5.73 Å². The fourth-order valence-corrected chi connectivity index (χ4v) is 1.78. The molecule has 0 aromatic carbocycles. The molecule has 1 heterocycles. The van der Waals surface area contributed by atoms with E-state index in [-0.39, 0.29) is 5.91 Å². The van der Waals surface area contributed by atoms with Gasteiger partial charge in [0.1, 0.15) is 0 Å². The Morgan fingerprint density at radius 2 is 2.06 bits per heavy atom. The van der Waals surface area contributed by atoms with Crippen LogP contribution in [0.4, 0.5) is 0 Å². The van der Waals surface area contributed by atoms with Gasteiger partial charge in [0.25, 0.3) is 0 Å². The largest absolute Gasteiger partial charge is 0.379 e. The molecule has 1 amide bonds. The summed E-state index contributed by atoms with van der Waals surface area (Å²) in [6.07, 6.45) is 2.30. The van der Waals surface area contributed by atoms with Gasteiger partial charge in [0.05, 0.1) is 19.8 Å². The molecule has 1 rings (SSSR count). The van der Waals surface area contributed by atoms with Gasteiger partial charge >= 0.3 is 0 Å². The molecule has 0 radical (unpaired) electrons. The number of likely N-dealkylation sites (tertiary alicyclic amines) is 1. The summed E-state index contributed by atoms with van der Waals surface area (Å²) >= 11 is 0. The zero-order valence-corrected chi connectivity index (χ0v) is 10.2. The molecule has 5 nitrogen and oxygen atoms in total. The second kappa shape index (κ2) is 7.60. The van der Waals surface area contributed by atoms with Gasteiger partial charge in [0.15, 0.2) is 0 Å². The van der Waals surface area contributed by atoms with Crippen molar-refractivity contribution in [1.29, 1.82) is 0 Å². The van der Waals surface area contributed by atoms with Crippen molar-refractivity contribution in [2.24, 2.45) is 5.73 Å². The number of rotatable bonds is 7. The number of likely N-dealkylation sites (N-methyl/N-ethyl adjacent to an activating group) is 1. The Hall–Kier alpha value is -0.650. The number of carbonyl (C=O) groups is 1. The maximum atomic E-state index is 11.8. The number of hydrogen-bond acceptors (Lipinski definition) is 4. The molecule has 1 saturated heterocycles. The van der Waals surface area contributed by atoms with E-state index in [1.165, 1.54) is 0 Å². The number of hydrogen-bond donors (Lipinski definition) is 1. The monoisotopic (exact) mass is 229 g/mol. The lowest BCUT2D eigenvalue weighted by Gasteiger charge is -2.20. The molecule has 0 saturated carbocycles. The maximum Gasteiger partial charge on any atom is 0.236 e. The zero-order chi connectivity index (χ0) is 11.8. The van der Waals surface area contributed by atoms with Crippen molar-refractivity contribution in [3.63, 3.8) is 0 Å². The van der Waals surface area contributed by atoms with E-state index in [4.69, 9.17) is 10.5 Å². The molecule has 16 heavy (non-hydrogen) atoms. The van der Waals surface area contributed by atoms with E-state index in [0.29, 0.717) is 26.3 Å². The van der Waals surface area contributed by atoms with Gasteiger partial charge in [0.2, 0.25) is 5.91 Å². The molecule has 5 heteroatoms. The molecule has 0 atom stereocenters. The van der Waals surface area contributed by atoms with E-state index < -0.39 is 0 Å². The van der Waals surface area contributed by atoms with Crippen LogP contribution in [-0.4, -0.2) is 68.7 Å². The first-order valence-electron chi connectivity index (χ1n) is 5.98. The van der Waals surface area contributed by atoms with Crippen molar-refractivity contribution in [1.82, 2.24) is 9.80 Å². The van der Waals surface area contributed by atoms with Crippen molar-refractivity contribution < 1.29 is 9.53 Å². The molecule has 1 fully saturated rings. The second-order valence-electron chi connectivity index (χ2n) is 4.23. The van der Waals surface area contributed by atoms with Gasteiger partial charge in [0, 0.05) is 26.2 Å². The highest BCUT2D eigenvalue weighted by atomic mass is 16.5. The summed E-state index contributed by atoms with van der Waals surface area (Å²) in [6.45, 7) is 4.91. The molecule has 0 aromatic rings. The lowest BCUT2D eigenvalue weighted by molar-refractivity contribution is -0.131. The number of carbonyl (C=O) groups excluding carboxylic acids is 1. The topological polar surface area (TPSA) is 58.8 Å². The third-order valence-corrected chi connectivity index (χ3v) is 2.74. The van der Waals surface area contributed by atoms with Gasteiger partial charge in [-0.25, -0.2) is 0 Å². The molecule has 0 spiro atoms. The summed E-state index contributed by atoms with van der Waals surface area (Å²) in [6, 6.07) is 0. The smallest absolute Gasteiger partial charge is 0.236 e. The standard InChI is InChI=1S/C11H23N3O2/c1-13(7-9-16-8-4-12)10-11(15)14-5-2-3-6-14/h2-10,12H2,1H3. The third kappa shape index (κ3) is 4.92. The highest BCUT2D eigenvalue weighted by Gasteiger charge is 2.18. The summed E-state index contributed by atoms with van der Waals surface area (Å²) in [5.41, 5.74) is 5.31. The van der Waals surface area contributed by atoms with Crippen LogP contribution in [0.15, 0.2) is 0 Å². The minimum absolute atomic E-state index is 0.235. The molecular formula is C11H23N3O2. The van der Waals surface area contributed by atoms with Crippen molar-refractivity contribution in [2.45, 2.75) is 12.8 Å². The van der Waals surface area contributed by atoms with E-state index in [1.54, 1.807) is 0 Å². The third-order valence-electron chi connectivity index (χ3n) is 2.74. The highest BCUT2D eigenvalue weighted by Crippen LogP contribution is 2.07. The van der Waals surface area contributed by atoms with Crippen LogP contribution in [0.25, 0.3) is 0 Å². The van der Waals surface area contributed by atoms with E-state index in [9.17, 15) is 4.79 Å². The van der Waals surface area contributed by atoms with Crippen molar-refractivity contribution in [3.8, 4) is 0 Å². The number of nitrogens with zero attached hydrogens (tertiary/aromatic N) is 2. The average Bonchev–Trinajstić information content (AvgIpc) is 2.77. The van der Waals surface area contributed by atoms with Gasteiger partial charge in [-0.2, -0.15) is 0 Å². The van der Waals surface area contributed by atoms with Crippen LogP contribution in [0.3, 0.4) is 0 Å². The normalized spacial score (nSPS) is 16.1. The second-order valence-corrected chi connectivity index (χ2v) is 4.23. The van der Waals surface area contributed by atoms with Crippen molar-refractivity contribution in [3.05, 3.63) is 0 Å². The highest BCUT2D eigenvalue weighted by molar-refractivity contribution is 5.78. The van der Waals surface area contributed by atoms with Crippen molar-refractivity contribution in [2.75, 3.05) is 53.0 Å². The lowest BCUT2D eigenvalue weighted by Crippen LogP contribution is -2.38. The fourth-order valence-electron chi connectivity index (χ4n) is 1.78. The number of nitrogens with two attached hydrogens (primary N) is 1. The van der Waals surface area contributed by atoms with Crippen LogP contribution in [0.2, 0.25) is 0 Å². The summed E-state index contributed by atoms with van der Waals surface area (Å²) in [5, 5.41) is 0. The van der Waals surface area contributed by atoms with Gasteiger partial charge in [-0.15, -0.1) is 0 Å². The first-order chi connectivity index (χ1) is 7.74. The first-order valence-corrected chi connectivity index (χ1v) is 5.98. The molecular weight excluding hydrogens is 206 g/mol. The Balaban J connectivity index is 2.08. The predicted octanol–water partition coefficient (Wildman–Crippen LogP) is -0.484. The quantitative estimate of drug-likeness (QED) is 0.599. The van der Waals surface area contributed by atoms with Gasteiger partial charge < -0.3 is 15.4 Å². The van der Waals surface area contributed by atoms with Crippen molar-refractivity contribution >= 4 is 5.91 Å². The minimum Gasteiger partial charge on any atom is -0.379 e. The van der Waals surface area contributed by atoms with E-state index >= 15 is 0 Å². The Morgan fingerprint density at radius 3 is 2.69 bits per heavy atom. The van der Waals surface area contributed by atoms with Crippen LogP contribution in [-0.2, 0) is 9.53 Å². The Labute approximate surface area is 97.5 Å². The number of ether oxygens (including phenoxy) is 1. The van der Waals surface area contributed by atoms with E-state index in [0.717, 1.165) is 32.5 Å². The molecule has 0 aliphatic carbocycles. The van der Waals surface area contributed by atoms with Gasteiger partial charge in [-0.1, -0.05) is 0 Å². The molecule has 1 aliphatic rings. The number of amides is 1. The predicted molar refractivity (Wildman–Crippen MR) is 63.2 cm³/mol. The van der Waals surface area contributed by atoms with Crippen LogP contribution in [0, 0.1) is 0 Å². The Kier molecular flexibility index (Phi) is 6.37. The Bertz CT molecular complexity index is 205. The van der Waals surface area contributed by atoms with E-state index in [2.05, 4.69) is 0 Å². The maximum absolute atomic E-state index is 11.8. The SMILES string of the molecule is CN(CCOCCN)CC(=O)N1CCCC1. The molecule has 0 bridgehead atoms. The minimum atomic E-state index is 0.235. The van der Waals surface area contributed by atoms with E-state index in [1.807, 2.05) is 16.8 Å². The Morgan fingerprint density at radius 1 is 1.38 bits per heavy atom. The summed E-state index contributed by atoms with van der Waals surface area (Å²) < 4.78 is 5.27. The lowest BCUT2D eigenvalue weighted by atomic mass is 10.4. The summed E-state index contributed by atoms with van der Waals surface area (Å²) in [5.74, 6) is 0.235. The van der Waals surface area contributed by atoms with Crippen LogP contribution >= 0.6 is 0 Å². The molecule has 0 unspecified atom stereocenters.